The molecule has 1 amide bonds. The highest BCUT2D eigenvalue weighted by atomic mass is 16.7. The third kappa shape index (κ3) is 16.2. The number of carbonyl (C=O) groups is 1. The van der Waals surface area contributed by atoms with E-state index in [1.807, 2.05) is 6.92 Å². The van der Waals surface area contributed by atoms with Crippen LogP contribution in [0.25, 0.3) is 0 Å². The van der Waals surface area contributed by atoms with Crippen LogP contribution in [-0.2, 0) is 14.3 Å². The Morgan fingerprint density at radius 1 is 0.921 bits per heavy atom. The number of hydrogen-bond donors (Lipinski definition) is 5. The second kappa shape index (κ2) is 22.8. The van der Waals surface area contributed by atoms with Gasteiger partial charge in [0.15, 0.2) is 6.29 Å². The average Bonchev–Trinajstić information content (AvgIpc) is 2.89. The van der Waals surface area contributed by atoms with Gasteiger partial charge in [0.2, 0.25) is 5.91 Å². The lowest BCUT2D eigenvalue weighted by Gasteiger charge is -2.37. The number of amides is 1. The molecule has 8 nitrogen and oxygen atoms in total. The minimum Gasteiger partial charge on any atom is -0.394 e. The van der Waals surface area contributed by atoms with Crippen LogP contribution in [0.15, 0.2) is 12.2 Å². The number of aliphatic hydroxyl groups is 4. The third-order valence-corrected chi connectivity index (χ3v) is 7.22. The maximum Gasteiger partial charge on any atom is 0.220 e. The summed E-state index contributed by atoms with van der Waals surface area (Å²) in [5, 5.41) is 42.7. The largest absolute Gasteiger partial charge is 0.394 e. The quantitative estimate of drug-likeness (QED) is 0.0947. The van der Waals surface area contributed by atoms with E-state index in [9.17, 15) is 25.2 Å². The van der Waals surface area contributed by atoms with E-state index in [0.29, 0.717) is 12.8 Å². The molecule has 0 spiro atoms. The Balaban J connectivity index is 2.20. The summed E-state index contributed by atoms with van der Waals surface area (Å²) < 4.78 is 11.1. The van der Waals surface area contributed by atoms with Crippen LogP contribution in [0.3, 0.4) is 0 Å². The zero-order valence-electron chi connectivity index (χ0n) is 24.1. The molecule has 0 aromatic carbocycles. The molecule has 1 heterocycles. The highest BCUT2D eigenvalue weighted by Gasteiger charge is 2.37. The molecule has 0 saturated carbocycles. The van der Waals surface area contributed by atoms with Crippen LogP contribution in [0.1, 0.15) is 123 Å². The average molecular weight is 544 g/mol. The number of nitrogens with one attached hydrogen (secondary N) is 1. The zero-order chi connectivity index (χ0) is 28.0. The van der Waals surface area contributed by atoms with Crippen molar-refractivity contribution in [2.75, 3.05) is 13.2 Å². The van der Waals surface area contributed by atoms with Gasteiger partial charge in [0.1, 0.15) is 12.2 Å². The van der Waals surface area contributed by atoms with E-state index < -0.39 is 36.7 Å². The van der Waals surface area contributed by atoms with Crippen molar-refractivity contribution in [1.82, 2.24) is 5.32 Å². The van der Waals surface area contributed by atoms with Crippen molar-refractivity contribution in [2.45, 2.75) is 160 Å². The van der Waals surface area contributed by atoms with Gasteiger partial charge < -0.3 is 35.2 Å². The SMILES string of the molecule is CCCCCCCCC=CCCCCCCCC(=O)NC(CO[C@H]1OC(CO)[C@H](O)CC1O)C(O)CCC. The first-order valence-electron chi connectivity index (χ1n) is 15.3. The Bertz CT molecular complexity index is 603. The van der Waals surface area contributed by atoms with E-state index in [0.717, 1.165) is 32.1 Å². The van der Waals surface area contributed by atoms with Gasteiger partial charge in [0, 0.05) is 12.8 Å². The maximum atomic E-state index is 12.5. The summed E-state index contributed by atoms with van der Waals surface area (Å²) in [7, 11) is 0. The van der Waals surface area contributed by atoms with E-state index in [2.05, 4.69) is 24.4 Å². The van der Waals surface area contributed by atoms with Gasteiger partial charge in [-0.3, -0.25) is 4.79 Å². The Kier molecular flexibility index (Phi) is 21.0. The third-order valence-electron chi connectivity index (χ3n) is 7.22. The van der Waals surface area contributed by atoms with Crippen LogP contribution >= 0.6 is 0 Å². The molecule has 38 heavy (non-hydrogen) atoms. The fourth-order valence-electron chi connectivity index (χ4n) is 4.76. The molecule has 0 radical (unpaired) electrons. The molecular formula is C30H57NO7. The number of aliphatic hydroxyl groups excluding tert-OH is 4. The lowest BCUT2D eigenvalue weighted by molar-refractivity contribution is -0.272. The van der Waals surface area contributed by atoms with Gasteiger partial charge >= 0.3 is 0 Å². The molecule has 0 bridgehead atoms. The number of ether oxygens (including phenoxy) is 2. The second-order valence-electron chi connectivity index (χ2n) is 10.8. The van der Waals surface area contributed by atoms with E-state index in [1.165, 1.54) is 57.8 Å². The van der Waals surface area contributed by atoms with Gasteiger partial charge in [0.25, 0.3) is 0 Å². The topological polar surface area (TPSA) is 128 Å². The number of carbonyl (C=O) groups excluding carboxylic acids is 1. The molecule has 1 aliphatic heterocycles. The molecule has 5 N–H and O–H groups in total. The van der Waals surface area contributed by atoms with Crippen molar-refractivity contribution >= 4 is 5.91 Å². The number of unbranched alkanes of at least 4 members (excludes halogenated alkanes) is 11. The molecule has 0 aromatic rings. The Hall–Kier alpha value is -1.03. The van der Waals surface area contributed by atoms with Crippen molar-refractivity contribution in [1.29, 1.82) is 0 Å². The molecule has 0 aliphatic carbocycles. The van der Waals surface area contributed by atoms with E-state index >= 15 is 0 Å². The minimum atomic E-state index is -1.05. The maximum absolute atomic E-state index is 12.5. The van der Waals surface area contributed by atoms with Gasteiger partial charge in [-0.15, -0.1) is 0 Å². The summed E-state index contributed by atoms with van der Waals surface area (Å²) in [6, 6.07) is -0.624. The molecule has 1 fully saturated rings. The molecule has 4 unspecified atom stereocenters. The summed E-state index contributed by atoms with van der Waals surface area (Å²) in [5.41, 5.74) is 0. The van der Waals surface area contributed by atoms with Crippen molar-refractivity contribution in [3.8, 4) is 0 Å². The Morgan fingerprint density at radius 3 is 2.13 bits per heavy atom. The normalized spacial score (nSPS) is 23.5. The van der Waals surface area contributed by atoms with Crippen molar-refractivity contribution in [3.05, 3.63) is 12.2 Å². The minimum absolute atomic E-state index is 0.0277. The molecule has 8 heteroatoms. The Labute approximate surface area is 231 Å². The van der Waals surface area contributed by atoms with Crippen LogP contribution in [-0.4, -0.2) is 76.3 Å². The number of hydrogen-bond acceptors (Lipinski definition) is 7. The highest BCUT2D eigenvalue weighted by Crippen LogP contribution is 2.21. The highest BCUT2D eigenvalue weighted by molar-refractivity contribution is 5.76. The number of allylic oxidation sites excluding steroid dienone is 2. The van der Waals surface area contributed by atoms with E-state index in [4.69, 9.17) is 9.47 Å². The summed E-state index contributed by atoms with van der Waals surface area (Å²) in [6.07, 6.45) is 17.3. The van der Waals surface area contributed by atoms with Crippen LogP contribution in [0, 0.1) is 0 Å². The fourth-order valence-corrected chi connectivity index (χ4v) is 4.76. The predicted molar refractivity (Wildman–Crippen MR) is 151 cm³/mol. The zero-order valence-corrected chi connectivity index (χ0v) is 24.1. The number of rotatable bonds is 23. The first-order valence-corrected chi connectivity index (χ1v) is 15.3. The lowest BCUT2D eigenvalue weighted by atomic mass is 10.0. The summed E-state index contributed by atoms with van der Waals surface area (Å²) >= 11 is 0. The molecule has 0 aromatic heterocycles. The molecule has 1 rings (SSSR count). The first-order chi connectivity index (χ1) is 18.4. The van der Waals surface area contributed by atoms with Crippen LogP contribution in [0.5, 0.6) is 0 Å². The summed E-state index contributed by atoms with van der Waals surface area (Å²) in [6.45, 7) is 3.78. The molecule has 1 aliphatic rings. The van der Waals surface area contributed by atoms with Gasteiger partial charge in [0.05, 0.1) is 31.5 Å². The van der Waals surface area contributed by atoms with Crippen molar-refractivity contribution in [3.63, 3.8) is 0 Å². The van der Waals surface area contributed by atoms with Crippen LogP contribution in [0.4, 0.5) is 0 Å². The summed E-state index contributed by atoms with van der Waals surface area (Å²) in [4.78, 5) is 12.5. The van der Waals surface area contributed by atoms with Gasteiger partial charge in [-0.1, -0.05) is 83.8 Å². The smallest absolute Gasteiger partial charge is 0.220 e. The van der Waals surface area contributed by atoms with Crippen LogP contribution in [0.2, 0.25) is 0 Å². The van der Waals surface area contributed by atoms with Gasteiger partial charge in [-0.05, 0) is 38.5 Å². The lowest BCUT2D eigenvalue weighted by Crippen LogP contribution is -2.52. The van der Waals surface area contributed by atoms with Gasteiger partial charge in [-0.2, -0.15) is 0 Å². The second-order valence-corrected chi connectivity index (χ2v) is 10.8. The molecule has 6 atom stereocenters. The van der Waals surface area contributed by atoms with Crippen molar-refractivity contribution < 1.29 is 34.7 Å². The predicted octanol–water partition coefficient (Wildman–Crippen LogP) is 4.52. The summed E-state index contributed by atoms with van der Waals surface area (Å²) in [5.74, 6) is -0.125. The van der Waals surface area contributed by atoms with Crippen LogP contribution < -0.4 is 5.32 Å². The van der Waals surface area contributed by atoms with Crippen molar-refractivity contribution in [2.24, 2.45) is 0 Å². The monoisotopic (exact) mass is 543 g/mol. The van der Waals surface area contributed by atoms with Gasteiger partial charge in [-0.25, -0.2) is 0 Å². The molecule has 1 saturated heterocycles. The molecule has 224 valence electrons. The first kappa shape index (κ1) is 35.0. The molecular weight excluding hydrogens is 486 g/mol. The van der Waals surface area contributed by atoms with E-state index in [-0.39, 0.29) is 25.5 Å². The fraction of sp³-hybridized carbons (Fsp3) is 0.900. The van der Waals surface area contributed by atoms with E-state index in [1.54, 1.807) is 0 Å². The Morgan fingerprint density at radius 2 is 1.53 bits per heavy atom. The standard InChI is InChI=1S/C30H57NO7/c1-3-5-6-7-8-9-10-11-12-13-14-15-16-17-18-20-29(36)31-24(25(33)19-4-2)23-37-30-27(35)21-26(34)28(22-32)38-30/h11-12,24-28,30,32-35H,3-10,13-23H2,1-2H3,(H,31,36)/t24?,25?,26-,27?,28?,30+/m1/s1.